The fourth-order valence-electron chi connectivity index (χ4n) is 1.08. The molecule has 4 nitrogen and oxygen atoms in total. The minimum atomic E-state index is -0.228. The van der Waals surface area contributed by atoms with Crippen molar-refractivity contribution >= 4 is 17.3 Å². The molecule has 1 atom stereocenters. The van der Waals surface area contributed by atoms with Crippen molar-refractivity contribution in [2.75, 3.05) is 6.54 Å². The molecule has 1 rings (SSSR count). The standard InChI is InChI=1S/C10H16N2O2S/c1-7(2)14-9(13)6-12-8(3)10-11-4-5-15-10/h4-5,7-8,12H,6H2,1-3H3. The van der Waals surface area contributed by atoms with Gasteiger partial charge in [-0.05, 0) is 20.8 Å². The minimum absolute atomic E-state index is 0.0607. The van der Waals surface area contributed by atoms with Gasteiger partial charge >= 0.3 is 5.97 Å². The number of aromatic nitrogens is 1. The molecule has 0 saturated carbocycles. The maximum atomic E-state index is 11.2. The number of thiazole rings is 1. The lowest BCUT2D eigenvalue weighted by atomic mass is 10.3. The molecule has 5 heteroatoms. The Bertz CT molecular complexity index is 298. The van der Waals surface area contributed by atoms with E-state index in [0.717, 1.165) is 5.01 Å². The van der Waals surface area contributed by atoms with Crippen molar-refractivity contribution in [1.82, 2.24) is 10.3 Å². The van der Waals surface area contributed by atoms with Gasteiger partial charge in [-0.3, -0.25) is 10.1 Å². The van der Waals surface area contributed by atoms with Crippen LogP contribution in [0.5, 0.6) is 0 Å². The zero-order valence-corrected chi connectivity index (χ0v) is 10.0. The second-order valence-electron chi connectivity index (χ2n) is 3.51. The van der Waals surface area contributed by atoms with Crippen LogP contribution >= 0.6 is 11.3 Å². The summed E-state index contributed by atoms with van der Waals surface area (Å²) in [5.41, 5.74) is 0. The lowest BCUT2D eigenvalue weighted by Crippen LogP contribution is -2.28. The smallest absolute Gasteiger partial charge is 0.320 e. The van der Waals surface area contributed by atoms with Crippen LogP contribution in [0.4, 0.5) is 0 Å². The number of carbonyl (C=O) groups excluding carboxylic acids is 1. The summed E-state index contributed by atoms with van der Waals surface area (Å²) in [5, 5.41) is 5.96. The van der Waals surface area contributed by atoms with Crippen LogP contribution in [0.3, 0.4) is 0 Å². The number of nitrogens with one attached hydrogen (secondary N) is 1. The Morgan fingerprint density at radius 1 is 1.60 bits per heavy atom. The summed E-state index contributed by atoms with van der Waals surface area (Å²) in [6.07, 6.45) is 1.69. The molecule has 1 unspecified atom stereocenters. The lowest BCUT2D eigenvalue weighted by Gasteiger charge is -2.12. The molecule has 84 valence electrons. The van der Waals surface area contributed by atoms with E-state index in [0.29, 0.717) is 0 Å². The van der Waals surface area contributed by atoms with Gasteiger partial charge in [0.2, 0.25) is 0 Å². The number of esters is 1. The third kappa shape index (κ3) is 4.40. The molecular weight excluding hydrogens is 212 g/mol. The first kappa shape index (κ1) is 12.1. The van der Waals surface area contributed by atoms with Crippen molar-refractivity contribution in [3.63, 3.8) is 0 Å². The minimum Gasteiger partial charge on any atom is -0.462 e. The van der Waals surface area contributed by atoms with Gasteiger partial charge < -0.3 is 4.74 Å². The van der Waals surface area contributed by atoms with Gasteiger partial charge in [0.25, 0.3) is 0 Å². The summed E-state index contributed by atoms with van der Waals surface area (Å²) >= 11 is 1.57. The normalized spacial score (nSPS) is 12.8. The molecule has 0 fully saturated rings. The van der Waals surface area contributed by atoms with Gasteiger partial charge in [0.1, 0.15) is 5.01 Å². The van der Waals surface area contributed by atoms with E-state index in [9.17, 15) is 4.79 Å². The van der Waals surface area contributed by atoms with Crippen molar-refractivity contribution < 1.29 is 9.53 Å². The first-order chi connectivity index (χ1) is 7.09. The van der Waals surface area contributed by atoms with E-state index in [-0.39, 0.29) is 24.7 Å². The molecule has 0 aliphatic heterocycles. The Kier molecular flexibility index (Phi) is 4.71. The predicted octanol–water partition coefficient (Wildman–Crippen LogP) is 1.75. The molecule has 0 bridgehead atoms. The quantitative estimate of drug-likeness (QED) is 0.780. The van der Waals surface area contributed by atoms with Gasteiger partial charge in [-0.15, -0.1) is 11.3 Å². The molecule has 0 aliphatic rings. The Balaban J connectivity index is 2.28. The summed E-state index contributed by atoms with van der Waals surface area (Å²) in [5.74, 6) is -0.228. The van der Waals surface area contributed by atoms with Gasteiger partial charge in [0.15, 0.2) is 0 Å². The summed E-state index contributed by atoms with van der Waals surface area (Å²) < 4.78 is 5.00. The number of hydrogen-bond donors (Lipinski definition) is 1. The van der Waals surface area contributed by atoms with Crippen LogP contribution in [0.1, 0.15) is 31.8 Å². The van der Waals surface area contributed by atoms with E-state index in [1.54, 1.807) is 17.5 Å². The largest absolute Gasteiger partial charge is 0.462 e. The highest BCUT2D eigenvalue weighted by Crippen LogP contribution is 2.13. The second kappa shape index (κ2) is 5.82. The molecule has 0 aliphatic carbocycles. The molecule has 0 radical (unpaired) electrons. The van der Waals surface area contributed by atoms with Crippen molar-refractivity contribution in [1.29, 1.82) is 0 Å². The topological polar surface area (TPSA) is 51.2 Å². The molecule has 1 aromatic heterocycles. The van der Waals surface area contributed by atoms with Gasteiger partial charge in [-0.2, -0.15) is 0 Å². The number of nitrogens with zero attached hydrogens (tertiary/aromatic N) is 1. The predicted molar refractivity (Wildman–Crippen MR) is 59.8 cm³/mol. The monoisotopic (exact) mass is 228 g/mol. The maximum Gasteiger partial charge on any atom is 0.320 e. The summed E-state index contributed by atoms with van der Waals surface area (Å²) in [4.78, 5) is 15.4. The average molecular weight is 228 g/mol. The van der Waals surface area contributed by atoms with Gasteiger partial charge in [-0.25, -0.2) is 4.98 Å². The molecule has 15 heavy (non-hydrogen) atoms. The van der Waals surface area contributed by atoms with Crippen LogP contribution in [0.15, 0.2) is 11.6 Å². The van der Waals surface area contributed by atoms with E-state index in [2.05, 4.69) is 10.3 Å². The van der Waals surface area contributed by atoms with Crippen LogP contribution in [-0.2, 0) is 9.53 Å². The van der Waals surface area contributed by atoms with Crippen LogP contribution in [-0.4, -0.2) is 23.6 Å². The Morgan fingerprint density at radius 3 is 2.87 bits per heavy atom. The van der Waals surface area contributed by atoms with E-state index in [1.807, 2.05) is 26.2 Å². The third-order valence-electron chi connectivity index (χ3n) is 1.74. The Labute approximate surface area is 93.7 Å². The highest BCUT2D eigenvalue weighted by atomic mass is 32.1. The fourth-order valence-corrected chi connectivity index (χ4v) is 1.75. The van der Waals surface area contributed by atoms with Crippen molar-refractivity contribution in [3.05, 3.63) is 16.6 Å². The average Bonchev–Trinajstić information content (AvgIpc) is 2.65. The second-order valence-corrected chi connectivity index (χ2v) is 4.44. The maximum absolute atomic E-state index is 11.2. The molecule has 0 aromatic carbocycles. The van der Waals surface area contributed by atoms with E-state index in [4.69, 9.17) is 4.74 Å². The first-order valence-electron chi connectivity index (χ1n) is 4.92. The van der Waals surface area contributed by atoms with Crippen LogP contribution < -0.4 is 5.32 Å². The number of carbonyl (C=O) groups is 1. The number of hydrogen-bond acceptors (Lipinski definition) is 5. The molecule has 1 N–H and O–H groups in total. The third-order valence-corrected chi connectivity index (χ3v) is 2.70. The number of rotatable bonds is 5. The number of ether oxygens (including phenoxy) is 1. The fraction of sp³-hybridized carbons (Fsp3) is 0.600. The van der Waals surface area contributed by atoms with Gasteiger partial charge in [0.05, 0.1) is 18.7 Å². The van der Waals surface area contributed by atoms with E-state index >= 15 is 0 Å². The first-order valence-corrected chi connectivity index (χ1v) is 5.80. The Morgan fingerprint density at radius 2 is 2.33 bits per heavy atom. The SMILES string of the molecule is CC(C)OC(=O)CNC(C)c1nccs1. The summed E-state index contributed by atoms with van der Waals surface area (Å²) in [7, 11) is 0. The highest BCUT2D eigenvalue weighted by molar-refractivity contribution is 7.09. The Hall–Kier alpha value is -0.940. The van der Waals surface area contributed by atoms with Crippen molar-refractivity contribution in [2.45, 2.75) is 32.9 Å². The molecule has 1 aromatic rings. The molecule has 0 saturated heterocycles. The van der Waals surface area contributed by atoms with Gasteiger partial charge in [-0.1, -0.05) is 0 Å². The van der Waals surface area contributed by atoms with E-state index in [1.165, 1.54) is 0 Å². The summed E-state index contributed by atoms with van der Waals surface area (Å²) in [6.45, 7) is 5.87. The van der Waals surface area contributed by atoms with E-state index < -0.39 is 0 Å². The zero-order chi connectivity index (χ0) is 11.3. The lowest BCUT2D eigenvalue weighted by molar-refractivity contribution is -0.146. The van der Waals surface area contributed by atoms with Gasteiger partial charge in [0, 0.05) is 11.6 Å². The summed E-state index contributed by atoms with van der Waals surface area (Å²) in [6, 6.07) is 0.0877. The molecule has 0 amide bonds. The van der Waals surface area contributed by atoms with Crippen LogP contribution in [0.25, 0.3) is 0 Å². The van der Waals surface area contributed by atoms with Crippen molar-refractivity contribution in [3.8, 4) is 0 Å². The highest BCUT2D eigenvalue weighted by Gasteiger charge is 2.10. The van der Waals surface area contributed by atoms with Crippen LogP contribution in [0, 0.1) is 0 Å². The molecule has 0 spiro atoms. The van der Waals surface area contributed by atoms with Crippen molar-refractivity contribution in [2.24, 2.45) is 0 Å². The molecular formula is C10H16N2O2S. The van der Waals surface area contributed by atoms with Crippen LogP contribution in [0.2, 0.25) is 0 Å². The molecule has 1 heterocycles. The zero-order valence-electron chi connectivity index (χ0n) is 9.19.